The van der Waals surface area contributed by atoms with Crippen LogP contribution < -0.4 is 5.73 Å². The summed E-state index contributed by atoms with van der Waals surface area (Å²) in [7, 11) is 0. The molecule has 3 aromatic rings. The summed E-state index contributed by atoms with van der Waals surface area (Å²) in [6, 6.07) is 6.81. The normalized spacial score (nSPS) is 21.7. The molecule has 2 heterocycles. The number of benzene rings is 1. The molecule has 4 rings (SSSR count). The van der Waals surface area contributed by atoms with Crippen LogP contribution in [-0.2, 0) is 0 Å². The SMILES string of the molecule is CC(C)n1ncc2ccc(-c3noc(C4CCC(N)CC4)n3)cc21. The first-order valence-electron chi connectivity index (χ1n) is 8.68. The molecule has 0 spiro atoms. The molecule has 0 aliphatic heterocycles. The Balaban J connectivity index is 1.64. The van der Waals surface area contributed by atoms with Crippen LogP contribution in [0, 0.1) is 0 Å². The Kier molecular flexibility index (Phi) is 3.84. The quantitative estimate of drug-likeness (QED) is 0.794. The van der Waals surface area contributed by atoms with Gasteiger partial charge in [0.2, 0.25) is 11.7 Å². The first kappa shape index (κ1) is 15.3. The van der Waals surface area contributed by atoms with Gasteiger partial charge in [0, 0.05) is 29.0 Å². The highest BCUT2D eigenvalue weighted by Crippen LogP contribution is 2.32. The lowest BCUT2D eigenvalue weighted by Gasteiger charge is -2.22. The van der Waals surface area contributed by atoms with Crippen LogP contribution in [0.15, 0.2) is 28.9 Å². The third kappa shape index (κ3) is 2.71. The van der Waals surface area contributed by atoms with Gasteiger partial charge in [0.05, 0.1) is 11.7 Å². The van der Waals surface area contributed by atoms with Crippen LogP contribution in [0.3, 0.4) is 0 Å². The van der Waals surface area contributed by atoms with Crippen LogP contribution in [-0.4, -0.2) is 26.0 Å². The highest BCUT2D eigenvalue weighted by Gasteiger charge is 2.25. The van der Waals surface area contributed by atoms with Gasteiger partial charge in [-0.3, -0.25) is 4.68 Å². The van der Waals surface area contributed by atoms with Gasteiger partial charge in [0.25, 0.3) is 0 Å². The topological polar surface area (TPSA) is 82.8 Å². The van der Waals surface area contributed by atoms with Crippen molar-refractivity contribution in [3.63, 3.8) is 0 Å². The Morgan fingerprint density at radius 1 is 1.21 bits per heavy atom. The van der Waals surface area contributed by atoms with E-state index in [4.69, 9.17) is 10.3 Å². The summed E-state index contributed by atoms with van der Waals surface area (Å²) < 4.78 is 7.56. The van der Waals surface area contributed by atoms with Crippen molar-refractivity contribution >= 4 is 10.9 Å². The molecule has 126 valence electrons. The number of hydrogen-bond acceptors (Lipinski definition) is 5. The third-order valence-corrected chi connectivity index (χ3v) is 4.91. The average Bonchev–Trinajstić information content (AvgIpc) is 3.22. The van der Waals surface area contributed by atoms with Gasteiger partial charge in [-0.05, 0) is 45.6 Å². The fourth-order valence-corrected chi connectivity index (χ4v) is 3.47. The summed E-state index contributed by atoms with van der Waals surface area (Å²) >= 11 is 0. The number of hydrogen-bond donors (Lipinski definition) is 1. The maximum absolute atomic E-state index is 5.98. The van der Waals surface area contributed by atoms with Crippen LogP contribution in [0.25, 0.3) is 22.3 Å². The van der Waals surface area contributed by atoms with Crippen LogP contribution in [0.4, 0.5) is 0 Å². The van der Waals surface area contributed by atoms with E-state index in [-0.39, 0.29) is 0 Å². The molecule has 1 aromatic carbocycles. The molecule has 2 aromatic heterocycles. The van der Waals surface area contributed by atoms with Crippen LogP contribution in [0.1, 0.15) is 57.4 Å². The molecule has 0 unspecified atom stereocenters. The Bertz CT molecular complexity index is 842. The minimum absolute atomic E-state index is 0.310. The van der Waals surface area contributed by atoms with Crippen molar-refractivity contribution in [2.45, 2.75) is 57.5 Å². The number of nitrogens with zero attached hydrogens (tertiary/aromatic N) is 4. The van der Waals surface area contributed by atoms with Gasteiger partial charge in [-0.25, -0.2) is 0 Å². The zero-order valence-corrected chi connectivity index (χ0v) is 14.1. The summed E-state index contributed by atoms with van der Waals surface area (Å²) in [6.07, 6.45) is 6.01. The molecule has 0 bridgehead atoms. The molecule has 6 nitrogen and oxygen atoms in total. The Morgan fingerprint density at radius 2 is 2.00 bits per heavy atom. The zero-order valence-electron chi connectivity index (χ0n) is 14.1. The molecule has 6 heteroatoms. The largest absolute Gasteiger partial charge is 0.339 e. The second-order valence-electron chi connectivity index (χ2n) is 7.02. The Hall–Kier alpha value is -2.21. The number of fused-ring (bicyclic) bond motifs is 1. The first-order valence-corrected chi connectivity index (χ1v) is 8.68. The molecule has 24 heavy (non-hydrogen) atoms. The predicted octanol–water partition coefficient (Wildman–Crippen LogP) is 3.65. The van der Waals surface area contributed by atoms with Crippen LogP contribution in [0.5, 0.6) is 0 Å². The molecule has 2 N–H and O–H groups in total. The van der Waals surface area contributed by atoms with E-state index in [9.17, 15) is 0 Å². The van der Waals surface area contributed by atoms with E-state index >= 15 is 0 Å². The van der Waals surface area contributed by atoms with Gasteiger partial charge < -0.3 is 10.3 Å². The average molecular weight is 325 g/mol. The van der Waals surface area contributed by atoms with Crippen LogP contribution in [0.2, 0.25) is 0 Å². The van der Waals surface area contributed by atoms with Crippen molar-refractivity contribution in [2.24, 2.45) is 5.73 Å². The molecular formula is C18H23N5O. The van der Waals surface area contributed by atoms with Gasteiger partial charge in [-0.1, -0.05) is 17.3 Å². The van der Waals surface area contributed by atoms with Crippen molar-refractivity contribution in [3.8, 4) is 11.4 Å². The number of aromatic nitrogens is 4. The lowest BCUT2D eigenvalue weighted by atomic mass is 9.86. The van der Waals surface area contributed by atoms with Gasteiger partial charge in [-0.15, -0.1) is 0 Å². The summed E-state index contributed by atoms with van der Waals surface area (Å²) in [5.74, 6) is 1.74. The molecule has 1 aliphatic rings. The highest BCUT2D eigenvalue weighted by molar-refractivity contribution is 5.83. The standard InChI is InChI=1S/C18H23N5O/c1-11(2)23-16-9-13(3-4-14(16)10-20-23)17-21-18(24-22-17)12-5-7-15(19)8-6-12/h3-4,9-12,15H,5-8,19H2,1-2H3. The highest BCUT2D eigenvalue weighted by atomic mass is 16.5. The van der Waals surface area contributed by atoms with Crippen molar-refractivity contribution in [3.05, 3.63) is 30.3 Å². The minimum Gasteiger partial charge on any atom is -0.339 e. The molecule has 1 fully saturated rings. The smallest absolute Gasteiger partial charge is 0.230 e. The maximum Gasteiger partial charge on any atom is 0.230 e. The molecule has 0 amide bonds. The second kappa shape index (κ2) is 6.02. The first-order chi connectivity index (χ1) is 11.6. The van der Waals surface area contributed by atoms with E-state index in [1.807, 2.05) is 16.9 Å². The van der Waals surface area contributed by atoms with Gasteiger partial charge in [0.15, 0.2) is 0 Å². The van der Waals surface area contributed by atoms with Crippen molar-refractivity contribution in [1.29, 1.82) is 0 Å². The van der Waals surface area contributed by atoms with E-state index in [1.54, 1.807) is 0 Å². The summed E-state index contributed by atoms with van der Waals surface area (Å²) in [6.45, 7) is 4.25. The molecule has 0 saturated heterocycles. The monoisotopic (exact) mass is 325 g/mol. The summed E-state index contributed by atoms with van der Waals surface area (Å²) in [5, 5.41) is 9.78. The summed E-state index contributed by atoms with van der Waals surface area (Å²) in [4.78, 5) is 4.65. The lowest BCUT2D eigenvalue weighted by Crippen LogP contribution is -2.25. The maximum atomic E-state index is 5.98. The Morgan fingerprint density at radius 3 is 2.75 bits per heavy atom. The summed E-state index contributed by atoms with van der Waals surface area (Å²) in [5.41, 5.74) is 8.04. The molecule has 1 aliphatic carbocycles. The van der Waals surface area contributed by atoms with E-state index in [2.05, 4.69) is 41.2 Å². The zero-order chi connectivity index (χ0) is 16.7. The third-order valence-electron chi connectivity index (χ3n) is 4.91. The molecule has 0 radical (unpaired) electrons. The molecule has 0 atom stereocenters. The second-order valence-corrected chi connectivity index (χ2v) is 7.02. The minimum atomic E-state index is 0.310. The molecular weight excluding hydrogens is 302 g/mol. The van der Waals surface area contributed by atoms with E-state index in [0.717, 1.165) is 48.0 Å². The van der Waals surface area contributed by atoms with Gasteiger partial charge >= 0.3 is 0 Å². The fourth-order valence-electron chi connectivity index (χ4n) is 3.47. The van der Waals surface area contributed by atoms with Crippen molar-refractivity contribution in [2.75, 3.05) is 0 Å². The van der Waals surface area contributed by atoms with Gasteiger partial charge in [-0.2, -0.15) is 10.1 Å². The van der Waals surface area contributed by atoms with E-state index in [1.165, 1.54) is 0 Å². The van der Waals surface area contributed by atoms with Gasteiger partial charge in [0.1, 0.15) is 0 Å². The Labute approximate surface area is 141 Å². The molecule has 1 saturated carbocycles. The number of rotatable bonds is 3. The predicted molar refractivity (Wildman–Crippen MR) is 92.6 cm³/mol. The van der Waals surface area contributed by atoms with Crippen LogP contribution >= 0.6 is 0 Å². The fraction of sp³-hybridized carbons (Fsp3) is 0.500. The number of nitrogens with two attached hydrogens (primary N) is 1. The van der Waals surface area contributed by atoms with E-state index in [0.29, 0.717) is 23.8 Å². The van der Waals surface area contributed by atoms with E-state index < -0.39 is 0 Å². The van der Waals surface area contributed by atoms with Crippen molar-refractivity contribution in [1.82, 2.24) is 19.9 Å². The van der Waals surface area contributed by atoms with Crippen molar-refractivity contribution < 1.29 is 4.52 Å². The lowest BCUT2D eigenvalue weighted by molar-refractivity contribution is 0.301.